The van der Waals surface area contributed by atoms with Gasteiger partial charge in [0.25, 0.3) is 11.8 Å². The lowest BCUT2D eigenvalue weighted by Crippen LogP contribution is -2.54. The van der Waals surface area contributed by atoms with E-state index in [1.807, 2.05) is 22.6 Å². The molecule has 0 radical (unpaired) electrons. The minimum atomic E-state index is -0.670. The number of benzene rings is 2. The number of rotatable bonds is 7. The van der Waals surface area contributed by atoms with Gasteiger partial charge in [-0.2, -0.15) is 0 Å². The van der Waals surface area contributed by atoms with E-state index in [0.29, 0.717) is 27.2 Å². The molecule has 0 atom stereocenters. The van der Waals surface area contributed by atoms with E-state index in [1.165, 1.54) is 13.2 Å². The molecule has 0 bridgehead atoms. The van der Waals surface area contributed by atoms with E-state index in [4.69, 9.17) is 44.9 Å². The van der Waals surface area contributed by atoms with Crippen LogP contribution in [0.4, 0.5) is 5.69 Å². The van der Waals surface area contributed by atoms with Gasteiger partial charge >= 0.3 is 5.97 Å². The third kappa shape index (κ3) is 5.62. The molecular formula is C22H17Cl2IN2O6S. The summed E-state index contributed by atoms with van der Waals surface area (Å²) in [5.41, 5.74) is 0.555. The van der Waals surface area contributed by atoms with Crippen molar-refractivity contribution in [3.8, 4) is 11.5 Å². The summed E-state index contributed by atoms with van der Waals surface area (Å²) in [6, 6.07) is 8.02. The Kier molecular flexibility index (Phi) is 8.74. The predicted octanol–water partition coefficient (Wildman–Crippen LogP) is 4.38. The van der Waals surface area contributed by atoms with Gasteiger partial charge in [-0.25, -0.2) is 4.79 Å². The average Bonchev–Trinajstić information content (AvgIpc) is 2.78. The highest BCUT2D eigenvalue weighted by atomic mass is 127. The standard InChI is InChI=1S/C22H17Cl2IN2O6S/c1-3-32-16-9-11(8-14(25)19(16)33-10-17(28)31-2)7-12-20(29)26-22(34)27(21(12)30)15-6-4-5-13(23)18(15)24/h4-9H,3,10H2,1-2H3,(H,26,29,34)/b12-7+. The van der Waals surface area contributed by atoms with Crippen LogP contribution in [0.1, 0.15) is 12.5 Å². The molecule has 1 fully saturated rings. The Hall–Kier alpha value is -2.41. The van der Waals surface area contributed by atoms with Crippen LogP contribution in [-0.2, 0) is 19.1 Å². The zero-order valence-corrected chi connectivity index (χ0v) is 22.3. The second kappa shape index (κ2) is 11.3. The molecule has 2 aromatic rings. The van der Waals surface area contributed by atoms with Crippen molar-refractivity contribution in [3.05, 3.63) is 55.1 Å². The molecule has 3 rings (SSSR count). The number of hydrogen-bond donors (Lipinski definition) is 1. The first-order valence-corrected chi connectivity index (χ1v) is 11.9. The van der Waals surface area contributed by atoms with Crippen molar-refractivity contribution in [1.82, 2.24) is 5.32 Å². The van der Waals surface area contributed by atoms with Gasteiger partial charge < -0.3 is 14.2 Å². The lowest BCUT2D eigenvalue weighted by molar-refractivity contribution is -0.143. The molecule has 178 valence electrons. The van der Waals surface area contributed by atoms with Gasteiger partial charge in [-0.1, -0.05) is 29.3 Å². The Labute approximate surface area is 224 Å². The lowest BCUT2D eigenvalue weighted by Gasteiger charge is -2.29. The number of amides is 2. The van der Waals surface area contributed by atoms with E-state index in [1.54, 1.807) is 37.3 Å². The molecule has 1 heterocycles. The number of thiocarbonyl (C=S) groups is 1. The maximum absolute atomic E-state index is 13.3. The summed E-state index contributed by atoms with van der Waals surface area (Å²) in [4.78, 5) is 38.5. The van der Waals surface area contributed by atoms with Crippen LogP contribution < -0.4 is 19.7 Å². The molecule has 34 heavy (non-hydrogen) atoms. The maximum Gasteiger partial charge on any atom is 0.343 e. The predicted molar refractivity (Wildman–Crippen MR) is 141 cm³/mol. The van der Waals surface area contributed by atoms with E-state index in [2.05, 4.69) is 10.1 Å². The molecule has 0 spiro atoms. The number of halogens is 3. The van der Waals surface area contributed by atoms with Crippen molar-refractivity contribution in [3.63, 3.8) is 0 Å². The quantitative estimate of drug-likeness (QED) is 0.159. The minimum Gasteiger partial charge on any atom is -0.490 e. The number of methoxy groups -OCH3 is 1. The summed E-state index contributed by atoms with van der Waals surface area (Å²) in [6.45, 7) is 1.80. The van der Waals surface area contributed by atoms with E-state index in [9.17, 15) is 14.4 Å². The van der Waals surface area contributed by atoms with Gasteiger partial charge in [-0.15, -0.1) is 0 Å². The number of nitrogens with zero attached hydrogens (tertiary/aromatic N) is 1. The summed E-state index contributed by atoms with van der Waals surface area (Å²) >= 11 is 19.6. The minimum absolute atomic E-state index is 0.118. The van der Waals surface area contributed by atoms with Crippen LogP contribution in [0.5, 0.6) is 11.5 Å². The van der Waals surface area contributed by atoms with Crippen LogP contribution in [0.2, 0.25) is 10.0 Å². The highest BCUT2D eigenvalue weighted by Crippen LogP contribution is 2.37. The van der Waals surface area contributed by atoms with Crippen LogP contribution in [0.3, 0.4) is 0 Å². The summed E-state index contributed by atoms with van der Waals surface area (Å²) in [6.07, 6.45) is 1.40. The summed E-state index contributed by atoms with van der Waals surface area (Å²) < 4.78 is 16.4. The lowest BCUT2D eigenvalue weighted by atomic mass is 10.1. The third-order valence-electron chi connectivity index (χ3n) is 4.48. The van der Waals surface area contributed by atoms with Crippen LogP contribution in [0, 0.1) is 3.57 Å². The maximum atomic E-state index is 13.3. The summed E-state index contributed by atoms with van der Waals surface area (Å²) in [5.74, 6) is -1.22. The van der Waals surface area contributed by atoms with Gasteiger partial charge in [-0.05, 0) is 77.6 Å². The van der Waals surface area contributed by atoms with Crippen LogP contribution in [0.25, 0.3) is 6.08 Å². The second-order valence-electron chi connectivity index (χ2n) is 6.66. The molecule has 1 aliphatic rings. The van der Waals surface area contributed by atoms with E-state index < -0.39 is 17.8 Å². The summed E-state index contributed by atoms with van der Waals surface area (Å²) in [7, 11) is 1.26. The molecule has 0 saturated carbocycles. The first-order chi connectivity index (χ1) is 16.2. The molecule has 2 amide bonds. The Balaban J connectivity index is 2.02. The molecular weight excluding hydrogens is 618 g/mol. The van der Waals surface area contributed by atoms with Crippen molar-refractivity contribution in [2.24, 2.45) is 0 Å². The number of carbonyl (C=O) groups is 3. The van der Waals surface area contributed by atoms with Crippen molar-refractivity contribution >= 4 is 92.7 Å². The number of hydrogen-bond acceptors (Lipinski definition) is 7. The van der Waals surface area contributed by atoms with Crippen LogP contribution in [-0.4, -0.2) is 43.2 Å². The highest BCUT2D eigenvalue weighted by Gasteiger charge is 2.35. The Morgan fingerprint density at radius 2 is 1.97 bits per heavy atom. The second-order valence-corrected chi connectivity index (χ2v) is 8.99. The van der Waals surface area contributed by atoms with Crippen molar-refractivity contribution < 1.29 is 28.6 Å². The van der Waals surface area contributed by atoms with E-state index >= 15 is 0 Å². The Bertz CT molecular complexity index is 1220. The monoisotopic (exact) mass is 634 g/mol. The van der Waals surface area contributed by atoms with Crippen molar-refractivity contribution in [1.29, 1.82) is 0 Å². The molecule has 0 unspecified atom stereocenters. The fraction of sp³-hybridized carbons (Fsp3) is 0.182. The van der Waals surface area contributed by atoms with E-state index in [-0.39, 0.29) is 33.0 Å². The van der Waals surface area contributed by atoms with Crippen molar-refractivity contribution in [2.75, 3.05) is 25.2 Å². The molecule has 1 saturated heterocycles. The SMILES string of the molecule is CCOc1cc(/C=C2\C(=O)NC(=S)N(c3cccc(Cl)c3Cl)C2=O)cc(I)c1OCC(=O)OC. The molecule has 8 nitrogen and oxygen atoms in total. The van der Waals surface area contributed by atoms with Gasteiger partial charge in [0.05, 0.1) is 33.0 Å². The molecule has 12 heteroatoms. The number of nitrogens with one attached hydrogen (secondary N) is 1. The first kappa shape index (κ1) is 26.2. The van der Waals surface area contributed by atoms with Gasteiger partial charge in [-0.3, -0.25) is 19.8 Å². The Morgan fingerprint density at radius 3 is 2.65 bits per heavy atom. The molecule has 1 N–H and O–H groups in total. The third-order valence-corrected chi connectivity index (χ3v) is 6.37. The van der Waals surface area contributed by atoms with Crippen LogP contribution in [0.15, 0.2) is 35.9 Å². The van der Waals surface area contributed by atoms with E-state index in [0.717, 1.165) is 4.90 Å². The fourth-order valence-corrected chi connectivity index (χ4v) is 4.41. The molecule has 0 aliphatic carbocycles. The molecule has 2 aromatic carbocycles. The largest absolute Gasteiger partial charge is 0.490 e. The smallest absolute Gasteiger partial charge is 0.343 e. The van der Waals surface area contributed by atoms with Gasteiger partial charge in [0.1, 0.15) is 5.57 Å². The highest BCUT2D eigenvalue weighted by molar-refractivity contribution is 14.1. The first-order valence-electron chi connectivity index (χ1n) is 9.69. The topological polar surface area (TPSA) is 94.2 Å². The molecule has 0 aromatic heterocycles. The average molecular weight is 635 g/mol. The van der Waals surface area contributed by atoms with Gasteiger partial charge in [0.2, 0.25) is 0 Å². The zero-order valence-electron chi connectivity index (χ0n) is 17.8. The number of esters is 1. The number of anilines is 1. The fourth-order valence-electron chi connectivity index (χ4n) is 2.97. The summed E-state index contributed by atoms with van der Waals surface area (Å²) in [5, 5.41) is 2.73. The van der Waals surface area contributed by atoms with Gasteiger partial charge in [0.15, 0.2) is 23.2 Å². The number of carbonyl (C=O) groups excluding carboxylic acids is 3. The zero-order chi connectivity index (χ0) is 25.0. The van der Waals surface area contributed by atoms with Crippen molar-refractivity contribution in [2.45, 2.75) is 6.92 Å². The molecule has 1 aliphatic heterocycles. The Morgan fingerprint density at radius 1 is 1.24 bits per heavy atom. The normalized spacial score (nSPS) is 14.8. The van der Waals surface area contributed by atoms with Crippen LogP contribution >= 0.6 is 58.0 Å². The van der Waals surface area contributed by atoms with Gasteiger partial charge in [0, 0.05) is 0 Å². The number of ether oxygens (including phenoxy) is 3.